The van der Waals surface area contributed by atoms with Crippen LogP contribution in [0.15, 0.2) is 72.8 Å². The molecule has 1 N–H and O–H groups in total. The highest BCUT2D eigenvalue weighted by Gasteiger charge is 2.74. The number of β-amino-alcohol motifs (C(OH)–C–C–N with tert-alkyl or cyclic N) is 1. The zero-order chi connectivity index (χ0) is 31.9. The highest BCUT2D eigenvalue weighted by Crippen LogP contribution is 2.57. The van der Waals surface area contributed by atoms with Crippen LogP contribution >= 0.6 is 0 Å². The highest BCUT2D eigenvalue weighted by atomic mass is 16.5. The third kappa shape index (κ3) is 4.91. The second kappa shape index (κ2) is 12.0. The van der Waals surface area contributed by atoms with Crippen LogP contribution in [0, 0.1) is 11.8 Å². The summed E-state index contributed by atoms with van der Waals surface area (Å²) in [6, 6.07) is 14.1. The molecule has 4 heterocycles. The summed E-state index contributed by atoms with van der Waals surface area (Å²) in [6.07, 6.45) is 7.45. The van der Waals surface area contributed by atoms with E-state index in [1.165, 1.54) is 4.90 Å². The number of benzene rings is 2. The molecule has 5 atom stereocenters. The Balaban J connectivity index is 1.38. The highest BCUT2D eigenvalue weighted by molar-refractivity contribution is 6.07. The van der Waals surface area contributed by atoms with Crippen LogP contribution in [0.2, 0.25) is 0 Å². The van der Waals surface area contributed by atoms with Crippen molar-refractivity contribution in [3.8, 4) is 5.75 Å². The van der Waals surface area contributed by atoms with Gasteiger partial charge in [-0.2, -0.15) is 0 Å². The molecule has 0 bridgehead atoms. The van der Waals surface area contributed by atoms with E-state index in [0.29, 0.717) is 30.3 Å². The number of anilines is 3. The standard InChI is InChI=1S/C35H42N4O6/c1-5-36(6-2)24-10-12-25(13-11-24)38-21-9-19-35-29(32(42)39(22-23-40)30(35)33(38)43)28-31(41)37(20-8-18-34(28,4)45-35)26-14-16-27(17-15-26)44-7-3/h8-19,28-30,40H,5-7,20-23H2,1-4H3/t28-,29-,30?,34+,35-/m0/s1. The monoisotopic (exact) mass is 614 g/mol. The van der Waals surface area contributed by atoms with Crippen LogP contribution in [-0.2, 0) is 19.1 Å². The number of nitrogens with zero attached hydrogens (tertiary/aromatic N) is 4. The lowest BCUT2D eigenvalue weighted by Crippen LogP contribution is -2.56. The molecule has 0 saturated carbocycles. The molecular weight excluding hydrogens is 572 g/mol. The number of fused-ring (bicyclic) bond motifs is 2. The van der Waals surface area contributed by atoms with Crippen molar-refractivity contribution in [1.82, 2.24) is 4.90 Å². The molecule has 2 aromatic rings. The summed E-state index contributed by atoms with van der Waals surface area (Å²) < 4.78 is 12.5. The number of likely N-dealkylation sites (tertiary alicyclic amines) is 1. The number of aliphatic hydroxyl groups excluding tert-OH is 1. The van der Waals surface area contributed by atoms with Crippen molar-refractivity contribution in [3.63, 3.8) is 0 Å². The van der Waals surface area contributed by atoms with Gasteiger partial charge in [0.2, 0.25) is 11.8 Å². The number of ether oxygens (including phenoxy) is 2. The van der Waals surface area contributed by atoms with E-state index in [1.54, 1.807) is 9.80 Å². The predicted octanol–water partition coefficient (Wildman–Crippen LogP) is 3.40. The molecule has 10 nitrogen and oxygen atoms in total. The fourth-order valence-corrected chi connectivity index (χ4v) is 7.65. The molecule has 4 aliphatic rings. The molecule has 1 unspecified atom stereocenters. The molecule has 2 aromatic carbocycles. The van der Waals surface area contributed by atoms with E-state index in [4.69, 9.17) is 9.47 Å². The molecular formula is C35H42N4O6. The first-order valence-corrected chi connectivity index (χ1v) is 15.9. The molecule has 0 aliphatic carbocycles. The lowest BCUT2D eigenvalue weighted by atomic mass is 9.74. The van der Waals surface area contributed by atoms with Crippen molar-refractivity contribution in [2.45, 2.75) is 44.9 Å². The van der Waals surface area contributed by atoms with E-state index in [2.05, 4.69) is 18.7 Å². The summed E-state index contributed by atoms with van der Waals surface area (Å²) in [6.45, 7) is 10.4. The number of carbonyl (C=O) groups is 3. The minimum Gasteiger partial charge on any atom is -0.494 e. The van der Waals surface area contributed by atoms with Crippen molar-refractivity contribution in [2.75, 3.05) is 60.6 Å². The normalized spacial score (nSPS) is 29.0. The van der Waals surface area contributed by atoms with Crippen LogP contribution < -0.4 is 19.4 Å². The minimum atomic E-state index is -1.39. The Bertz CT molecular complexity index is 1500. The van der Waals surface area contributed by atoms with Crippen molar-refractivity contribution in [3.05, 3.63) is 72.8 Å². The third-order valence-corrected chi connectivity index (χ3v) is 9.65. The molecule has 10 heteroatoms. The van der Waals surface area contributed by atoms with Gasteiger partial charge in [0.25, 0.3) is 5.91 Å². The van der Waals surface area contributed by atoms with Gasteiger partial charge in [0.15, 0.2) is 0 Å². The van der Waals surface area contributed by atoms with Crippen molar-refractivity contribution >= 4 is 34.8 Å². The van der Waals surface area contributed by atoms with Gasteiger partial charge in [0, 0.05) is 49.8 Å². The van der Waals surface area contributed by atoms with Crippen LogP contribution in [0.5, 0.6) is 5.75 Å². The van der Waals surface area contributed by atoms with Gasteiger partial charge in [-0.25, -0.2) is 0 Å². The summed E-state index contributed by atoms with van der Waals surface area (Å²) in [5, 5.41) is 10.0. The fourth-order valence-electron chi connectivity index (χ4n) is 7.65. The van der Waals surface area contributed by atoms with Crippen molar-refractivity contribution in [2.24, 2.45) is 11.8 Å². The average Bonchev–Trinajstić information content (AvgIpc) is 3.29. The van der Waals surface area contributed by atoms with Gasteiger partial charge >= 0.3 is 0 Å². The molecule has 3 amide bonds. The SMILES string of the molecule is CCOc1ccc(N2CC=C[C@@]3(C)O[C@]45C=CCN(c6ccc(N(CC)CC)cc6)C(=O)C4N(CCO)C(=O)[C@@H]5[C@H]3C2=O)cc1. The summed E-state index contributed by atoms with van der Waals surface area (Å²) in [4.78, 5) is 50.4. The number of hydrogen-bond acceptors (Lipinski definition) is 7. The van der Waals surface area contributed by atoms with Crippen molar-refractivity contribution in [1.29, 1.82) is 0 Å². The van der Waals surface area contributed by atoms with E-state index < -0.39 is 29.1 Å². The molecule has 0 radical (unpaired) electrons. The number of rotatable bonds is 9. The molecule has 1 spiro atoms. The Kier molecular flexibility index (Phi) is 8.22. The Morgan fingerprint density at radius 1 is 0.844 bits per heavy atom. The van der Waals surface area contributed by atoms with Crippen LogP contribution in [0.3, 0.4) is 0 Å². The van der Waals surface area contributed by atoms with E-state index in [9.17, 15) is 19.5 Å². The number of amides is 3. The molecule has 6 rings (SSSR count). The number of hydrogen-bond donors (Lipinski definition) is 1. The van der Waals surface area contributed by atoms with Crippen LogP contribution in [-0.4, -0.2) is 90.9 Å². The fraction of sp³-hybridized carbons (Fsp3) is 0.457. The van der Waals surface area contributed by atoms with E-state index in [-0.39, 0.29) is 37.4 Å². The van der Waals surface area contributed by atoms with E-state index in [0.717, 1.165) is 18.8 Å². The molecule has 45 heavy (non-hydrogen) atoms. The van der Waals surface area contributed by atoms with Gasteiger partial charge < -0.3 is 34.2 Å². The molecule has 0 aromatic heterocycles. The van der Waals surface area contributed by atoms with Crippen LogP contribution in [0.1, 0.15) is 27.7 Å². The Morgan fingerprint density at radius 3 is 2.04 bits per heavy atom. The smallest absolute Gasteiger partial charge is 0.253 e. The first-order valence-electron chi connectivity index (χ1n) is 15.9. The first kappa shape index (κ1) is 30.9. The first-order chi connectivity index (χ1) is 21.7. The van der Waals surface area contributed by atoms with Gasteiger partial charge in [-0.1, -0.05) is 24.3 Å². The number of aliphatic hydroxyl groups is 1. The lowest BCUT2D eigenvalue weighted by Gasteiger charge is -2.37. The topological polar surface area (TPSA) is 103 Å². The summed E-state index contributed by atoms with van der Waals surface area (Å²) in [5.74, 6) is -2.06. The van der Waals surface area contributed by atoms with Gasteiger partial charge in [0.05, 0.1) is 30.7 Å². The molecule has 238 valence electrons. The van der Waals surface area contributed by atoms with Gasteiger partial charge in [0.1, 0.15) is 17.4 Å². The average molecular weight is 615 g/mol. The van der Waals surface area contributed by atoms with Gasteiger partial charge in [-0.3, -0.25) is 14.4 Å². The largest absolute Gasteiger partial charge is 0.494 e. The van der Waals surface area contributed by atoms with Crippen molar-refractivity contribution < 1.29 is 29.0 Å². The van der Waals surface area contributed by atoms with E-state index in [1.807, 2.05) is 86.7 Å². The summed E-state index contributed by atoms with van der Waals surface area (Å²) >= 11 is 0. The van der Waals surface area contributed by atoms with Gasteiger partial charge in [-0.05, 0) is 76.2 Å². The maximum absolute atomic E-state index is 14.6. The predicted molar refractivity (Wildman–Crippen MR) is 172 cm³/mol. The lowest BCUT2D eigenvalue weighted by molar-refractivity contribution is -0.144. The van der Waals surface area contributed by atoms with E-state index >= 15 is 0 Å². The summed E-state index contributed by atoms with van der Waals surface area (Å²) in [7, 11) is 0. The second-order valence-corrected chi connectivity index (χ2v) is 12.1. The summed E-state index contributed by atoms with van der Waals surface area (Å²) in [5.41, 5.74) is -0.0781. The molecule has 2 saturated heterocycles. The Morgan fingerprint density at radius 2 is 1.44 bits per heavy atom. The zero-order valence-corrected chi connectivity index (χ0v) is 26.4. The third-order valence-electron chi connectivity index (χ3n) is 9.65. The zero-order valence-electron chi connectivity index (χ0n) is 26.4. The maximum atomic E-state index is 14.6. The maximum Gasteiger partial charge on any atom is 0.253 e. The molecule has 4 aliphatic heterocycles. The van der Waals surface area contributed by atoms with Crippen LogP contribution in [0.4, 0.5) is 17.1 Å². The molecule has 2 fully saturated rings. The Labute approximate surface area is 264 Å². The number of carbonyl (C=O) groups excluding carboxylic acids is 3. The second-order valence-electron chi connectivity index (χ2n) is 12.1. The quantitative estimate of drug-likeness (QED) is 0.432. The van der Waals surface area contributed by atoms with Gasteiger partial charge in [-0.15, -0.1) is 0 Å². The Hall–Kier alpha value is -4.15. The van der Waals surface area contributed by atoms with Crippen LogP contribution in [0.25, 0.3) is 0 Å². The minimum absolute atomic E-state index is 0.0461.